The Morgan fingerprint density at radius 2 is 1.94 bits per heavy atom. The number of likely N-dealkylation sites (tertiary alicyclic amines) is 1. The molecule has 1 saturated heterocycles. The van der Waals surface area contributed by atoms with Gasteiger partial charge >= 0.3 is 0 Å². The highest BCUT2D eigenvalue weighted by Crippen LogP contribution is 2.39. The summed E-state index contributed by atoms with van der Waals surface area (Å²) in [6.07, 6.45) is 3.67. The van der Waals surface area contributed by atoms with Crippen LogP contribution in [0.5, 0.6) is 0 Å². The fourth-order valence-electron chi connectivity index (χ4n) is 4.88. The first-order valence-electron chi connectivity index (χ1n) is 11.2. The SMILES string of the molecule is CC1=Nc2ccnn2C(c2ccc(Cl)c(Cl)c2)C1C(=O)N1CCC[C@H]1CNc1ccccc1. The third kappa shape index (κ3) is 4.25. The first-order valence-corrected chi connectivity index (χ1v) is 11.9. The lowest BCUT2D eigenvalue weighted by Crippen LogP contribution is -2.48. The smallest absolute Gasteiger partial charge is 0.234 e. The summed E-state index contributed by atoms with van der Waals surface area (Å²) in [5.41, 5.74) is 2.73. The highest BCUT2D eigenvalue weighted by Gasteiger charge is 2.42. The standard InChI is InChI=1S/C25H25Cl2N5O/c1-16-23(25(33)31-13-5-8-19(31)15-28-18-6-3-2-4-7-18)24(32-22(30-16)11-12-29-32)17-9-10-20(26)21(27)14-17/h2-4,6-7,9-12,14,19,23-24,28H,5,8,13,15H2,1H3/t19-,23?,24?/m0/s1. The molecule has 170 valence electrons. The summed E-state index contributed by atoms with van der Waals surface area (Å²) in [7, 11) is 0. The Kier molecular flexibility index (Phi) is 6.13. The number of aromatic nitrogens is 2. The van der Waals surface area contributed by atoms with Gasteiger partial charge in [0.2, 0.25) is 5.91 Å². The summed E-state index contributed by atoms with van der Waals surface area (Å²) in [6, 6.07) is 17.3. The molecular formula is C25H25Cl2N5O. The van der Waals surface area contributed by atoms with Gasteiger partial charge in [0, 0.05) is 36.6 Å². The molecule has 3 aromatic rings. The maximum absolute atomic E-state index is 14.0. The van der Waals surface area contributed by atoms with Crippen molar-refractivity contribution in [1.82, 2.24) is 14.7 Å². The van der Waals surface area contributed by atoms with Gasteiger partial charge in [0.1, 0.15) is 5.92 Å². The molecule has 0 radical (unpaired) electrons. The van der Waals surface area contributed by atoms with Crippen LogP contribution in [-0.4, -0.2) is 45.4 Å². The van der Waals surface area contributed by atoms with Crippen LogP contribution in [0.15, 0.2) is 65.8 Å². The minimum atomic E-state index is -0.466. The second-order valence-corrected chi connectivity index (χ2v) is 9.37. The number of carbonyl (C=O) groups excluding carboxylic acids is 1. The van der Waals surface area contributed by atoms with Crippen LogP contribution in [0.4, 0.5) is 11.5 Å². The van der Waals surface area contributed by atoms with Gasteiger partial charge < -0.3 is 10.2 Å². The van der Waals surface area contributed by atoms with E-state index in [4.69, 9.17) is 28.2 Å². The molecule has 3 atom stereocenters. The number of hydrogen-bond acceptors (Lipinski definition) is 4. The summed E-state index contributed by atoms with van der Waals surface area (Å²) >= 11 is 12.5. The van der Waals surface area contributed by atoms with Gasteiger partial charge in [-0.2, -0.15) is 5.10 Å². The van der Waals surface area contributed by atoms with Crippen molar-refractivity contribution in [3.63, 3.8) is 0 Å². The van der Waals surface area contributed by atoms with Gasteiger partial charge in [-0.25, -0.2) is 9.67 Å². The zero-order chi connectivity index (χ0) is 22.9. The summed E-state index contributed by atoms with van der Waals surface area (Å²) in [5, 5.41) is 8.93. The number of hydrogen-bond donors (Lipinski definition) is 1. The monoisotopic (exact) mass is 481 g/mol. The van der Waals surface area contributed by atoms with Gasteiger partial charge in [-0.15, -0.1) is 0 Å². The lowest BCUT2D eigenvalue weighted by atomic mass is 9.87. The molecule has 2 unspecified atom stereocenters. The Bertz CT molecular complexity index is 1190. The molecule has 1 aromatic heterocycles. The molecule has 0 bridgehead atoms. The molecule has 1 fully saturated rings. The van der Waals surface area contributed by atoms with Gasteiger partial charge in [0.15, 0.2) is 5.82 Å². The van der Waals surface area contributed by atoms with Crippen molar-refractivity contribution in [2.24, 2.45) is 10.9 Å². The number of anilines is 1. The number of amides is 1. The predicted molar refractivity (Wildman–Crippen MR) is 133 cm³/mol. The van der Waals surface area contributed by atoms with Gasteiger partial charge in [0.05, 0.1) is 22.3 Å². The lowest BCUT2D eigenvalue weighted by Gasteiger charge is -2.36. The molecular weight excluding hydrogens is 457 g/mol. The Balaban J connectivity index is 1.45. The average Bonchev–Trinajstić information content (AvgIpc) is 3.48. The van der Waals surface area contributed by atoms with Gasteiger partial charge in [-0.1, -0.05) is 47.5 Å². The van der Waals surface area contributed by atoms with E-state index < -0.39 is 5.92 Å². The predicted octanol–water partition coefficient (Wildman–Crippen LogP) is 5.60. The number of fused-ring (bicyclic) bond motifs is 1. The maximum atomic E-state index is 14.0. The van der Waals surface area contributed by atoms with Crippen molar-refractivity contribution in [1.29, 1.82) is 0 Å². The molecule has 8 heteroatoms. The number of rotatable bonds is 5. The van der Waals surface area contributed by atoms with E-state index in [1.165, 1.54) is 0 Å². The first kappa shape index (κ1) is 22.0. The Labute approximate surface area is 203 Å². The van der Waals surface area contributed by atoms with E-state index >= 15 is 0 Å². The molecule has 0 saturated carbocycles. The molecule has 3 heterocycles. The number of nitrogens with one attached hydrogen (secondary N) is 1. The molecule has 1 amide bonds. The molecule has 5 rings (SSSR count). The van der Waals surface area contributed by atoms with Crippen LogP contribution in [0.2, 0.25) is 10.0 Å². The number of benzene rings is 2. The number of halogens is 2. The molecule has 6 nitrogen and oxygen atoms in total. The topological polar surface area (TPSA) is 62.5 Å². The van der Waals surface area contributed by atoms with E-state index in [2.05, 4.69) is 10.4 Å². The lowest BCUT2D eigenvalue weighted by molar-refractivity contribution is -0.135. The Morgan fingerprint density at radius 1 is 1.12 bits per heavy atom. The van der Waals surface area contributed by atoms with Crippen molar-refractivity contribution in [2.75, 3.05) is 18.4 Å². The second-order valence-electron chi connectivity index (χ2n) is 8.56. The highest BCUT2D eigenvalue weighted by molar-refractivity contribution is 6.42. The summed E-state index contributed by atoms with van der Waals surface area (Å²) in [6.45, 7) is 3.38. The minimum absolute atomic E-state index is 0.0748. The molecule has 1 N–H and O–H groups in total. The molecule has 0 aliphatic carbocycles. The number of carbonyl (C=O) groups is 1. The average molecular weight is 482 g/mol. The third-order valence-corrected chi connectivity index (χ3v) is 7.24. The van der Waals surface area contributed by atoms with Crippen LogP contribution >= 0.6 is 23.2 Å². The fraction of sp³-hybridized carbons (Fsp3) is 0.320. The van der Waals surface area contributed by atoms with Gasteiger partial charge in [0.25, 0.3) is 0 Å². The van der Waals surface area contributed by atoms with E-state index in [1.54, 1.807) is 12.3 Å². The normalized spacial score (nSPS) is 22.1. The fourth-order valence-corrected chi connectivity index (χ4v) is 5.19. The largest absolute Gasteiger partial charge is 0.383 e. The molecule has 33 heavy (non-hydrogen) atoms. The van der Waals surface area contributed by atoms with Crippen LogP contribution in [-0.2, 0) is 4.79 Å². The first-order chi connectivity index (χ1) is 16.0. The van der Waals surface area contributed by atoms with Crippen LogP contribution in [0.1, 0.15) is 31.4 Å². The quantitative estimate of drug-likeness (QED) is 0.515. The maximum Gasteiger partial charge on any atom is 0.234 e. The zero-order valence-electron chi connectivity index (χ0n) is 18.3. The minimum Gasteiger partial charge on any atom is -0.383 e. The van der Waals surface area contributed by atoms with E-state index in [-0.39, 0.29) is 18.0 Å². The third-order valence-electron chi connectivity index (χ3n) is 6.50. The molecule has 0 spiro atoms. The summed E-state index contributed by atoms with van der Waals surface area (Å²) < 4.78 is 1.82. The van der Waals surface area contributed by atoms with Crippen molar-refractivity contribution < 1.29 is 4.79 Å². The van der Waals surface area contributed by atoms with Gasteiger partial charge in [-0.05, 0) is 49.6 Å². The van der Waals surface area contributed by atoms with E-state index in [1.807, 2.05) is 65.0 Å². The molecule has 2 aliphatic rings. The Hall–Kier alpha value is -2.83. The van der Waals surface area contributed by atoms with Crippen molar-refractivity contribution in [3.8, 4) is 0 Å². The summed E-state index contributed by atoms with van der Waals surface area (Å²) in [5.74, 6) is 0.342. The van der Waals surface area contributed by atoms with Crippen molar-refractivity contribution in [2.45, 2.75) is 31.8 Å². The number of aliphatic imine (C=N–C) groups is 1. The van der Waals surface area contributed by atoms with Crippen molar-refractivity contribution >= 4 is 46.3 Å². The van der Waals surface area contributed by atoms with E-state index in [0.717, 1.165) is 42.2 Å². The van der Waals surface area contributed by atoms with E-state index in [0.29, 0.717) is 16.6 Å². The van der Waals surface area contributed by atoms with E-state index in [9.17, 15) is 4.79 Å². The van der Waals surface area contributed by atoms with Crippen LogP contribution < -0.4 is 5.32 Å². The summed E-state index contributed by atoms with van der Waals surface area (Å²) in [4.78, 5) is 20.7. The van der Waals surface area contributed by atoms with Crippen LogP contribution in [0.3, 0.4) is 0 Å². The van der Waals surface area contributed by atoms with Gasteiger partial charge in [-0.3, -0.25) is 4.79 Å². The van der Waals surface area contributed by atoms with Crippen LogP contribution in [0, 0.1) is 5.92 Å². The van der Waals surface area contributed by atoms with Crippen molar-refractivity contribution in [3.05, 3.63) is 76.4 Å². The second kappa shape index (κ2) is 9.20. The molecule has 2 aromatic carbocycles. The highest BCUT2D eigenvalue weighted by atomic mass is 35.5. The molecule has 2 aliphatic heterocycles. The zero-order valence-corrected chi connectivity index (χ0v) is 19.8. The number of para-hydroxylation sites is 1. The number of nitrogens with zero attached hydrogens (tertiary/aromatic N) is 4. The Morgan fingerprint density at radius 3 is 2.73 bits per heavy atom. The van der Waals surface area contributed by atoms with Crippen LogP contribution in [0.25, 0.3) is 0 Å².